The Morgan fingerprint density at radius 1 is 1.71 bits per heavy atom. The fraction of sp³-hybridized carbons (Fsp3) is 0.700. The Hall–Kier alpha value is -0.450. The van der Waals surface area contributed by atoms with Gasteiger partial charge in [-0.25, -0.2) is 4.98 Å². The molecule has 3 nitrogen and oxygen atoms in total. The van der Waals surface area contributed by atoms with E-state index in [-0.39, 0.29) is 6.10 Å². The Bertz CT molecular complexity index is 296. The van der Waals surface area contributed by atoms with Crippen LogP contribution in [0.2, 0.25) is 0 Å². The van der Waals surface area contributed by atoms with Gasteiger partial charge < -0.3 is 10.5 Å². The van der Waals surface area contributed by atoms with Crippen molar-refractivity contribution in [3.8, 4) is 0 Å². The lowest BCUT2D eigenvalue weighted by Gasteiger charge is -2.12. The minimum atomic E-state index is 0.227. The quantitative estimate of drug-likeness (QED) is 0.813. The molecule has 0 aliphatic heterocycles. The van der Waals surface area contributed by atoms with Gasteiger partial charge in [-0.2, -0.15) is 0 Å². The fourth-order valence-electron chi connectivity index (χ4n) is 1.53. The summed E-state index contributed by atoms with van der Waals surface area (Å²) in [6.07, 6.45) is 2.79. The van der Waals surface area contributed by atoms with Crippen molar-refractivity contribution in [1.29, 1.82) is 0 Å². The zero-order chi connectivity index (χ0) is 9.97. The number of ether oxygens (including phenoxy) is 1. The average Bonchev–Trinajstić information content (AvgIpc) is 2.92. The minimum absolute atomic E-state index is 0.227. The van der Waals surface area contributed by atoms with Crippen molar-refractivity contribution in [2.45, 2.75) is 32.4 Å². The molecular formula is C10H16N2OS. The second-order valence-corrected chi connectivity index (χ2v) is 4.48. The number of hydrogen-bond acceptors (Lipinski definition) is 4. The topological polar surface area (TPSA) is 48.1 Å². The molecule has 1 saturated carbocycles. The van der Waals surface area contributed by atoms with E-state index in [9.17, 15) is 0 Å². The SMILES string of the molecule is CCOC(c1nc(CN)cs1)C1CC1. The third-order valence-corrected chi connectivity index (χ3v) is 3.37. The second-order valence-electron chi connectivity index (χ2n) is 3.59. The molecule has 4 heteroatoms. The van der Waals surface area contributed by atoms with E-state index in [0.717, 1.165) is 17.3 Å². The third kappa shape index (κ3) is 2.13. The van der Waals surface area contributed by atoms with E-state index >= 15 is 0 Å². The Morgan fingerprint density at radius 3 is 3.00 bits per heavy atom. The van der Waals surface area contributed by atoms with E-state index in [4.69, 9.17) is 10.5 Å². The molecule has 2 N–H and O–H groups in total. The molecule has 1 aliphatic carbocycles. The predicted octanol–water partition coefficient (Wildman–Crippen LogP) is 2.09. The molecule has 1 unspecified atom stereocenters. The average molecular weight is 212 g/mol. The maximum atomic E-state index is 5.72. The van der Waals surface area contributed by atoms with Gasteiger partial charge in [-0.3, -0.25) is 0 Å². The van der Waals surface area contributed by atoms with Gasteiger partial charge in [0.25, 0.3) is 0 Å². The highest BCUT2D eigenvalue weighted by Gasteiger charge is 2.34. The Balaban J connectivity index is 2.08. The van der Waals surface area contributed by atoms with Crippen molar-refractivity contribution >= 4 is 11.3 Å². The van der Waals surface area contributed by atoms with Crippen LogP contribution < -0.4 is 5.73 Å². The van der Waals surface area contributed by atoms with Crippen LogP contribution in [0.25, 0.3) is 0 Å². The monoisotopic (exact) mass is 212 g/mol. The first-order chi connectivity index (χ1) is 6.85. The number of aromatic nitrogens is 1. The van der Waals surface area contributed by atoms with E-state index in [1.807, 2.05) is 12.3 Å². The summed E-state index contributed by atoms with van der Waals surface area (Å²) in [6.45, 7) is 3.32. The Morgan fingerprint density at radius 2 is 2.50 bits per heavy atom. The highest BCUT2D eigenvalue weighted by Crippen LogP contribution is 2.43. The summed E-state index contributed by atoms with van der Waals surface area (Å²) in [5, 5.41) is 3.14. The molecule has 0 bridgehead atoms. The molecule has 1 aromatic heterocycles. The van der Waals surface area contributed by atoms with Crippen molar-refractivity contribution in [2.24, 2.45) is 11.7 Å². The summed E-state index contributed by atoms with van der Waals surface area (Å²) in [6, 6.07) is 0. The predicted molar refractivity (Wildman–Crippen MR) is 57.1 cm³/mol. The zero-order valence-electron chi connectivity index (χ0n) is 8.40. The van der Waals surface area contributed by atoms with Crippen molar-refractivity contribution in [3.63, 3.8) is 0 Å². The molecule has 1 heterocycles. The summed E-state index contributed by atoms with van der Waals surface area (Å²) in [7, 11) is 0. The van der Waals surface area contributed by atoms with Gasteiger partial charge in [-0.05, 0) is 25.7 Å². The van der Waals surface area contributed by atoms with Crippen LogP contribution in [0, 0.1) is 5.92 Å². The molecule has 1 atom stereocenters. The number of nitrogens with two attached hydrogens (primary N) is 1. The molecular weight excluding hydrogens is 196 g/mol. The Labute approximate surface area is 88.3 Å². The fourth-order valence-corrected chi connectivity index (χ4v) is 2.50. The standard InChI is InChI=1S/C10H16N2OS/c1-2-13-9(7-3-4-7)10-12-8(5-11)6-14-10/h6-7,9H,2-5,11H2,1H3. The van der Waals surface area contributed by atoms with Crippen molar-refractivity contribution in [1.82, 2.24) is 4.98 Å². The van der Waals surface area contributed by atoms with Crippen molar-refractivity contribution < 1.29 is 4.74 Å². The molecule has 1 fully saturated rings. The van der Waals surface area contributed by atoms with Gasteiger partial charge in [-0.15, -0.1) is 11.3 Å². The van der Waals surface area contributed by atoms with Gasteiger partial charge in [-0.1, -0.05) is 0 Å². The van der Waals surface area contributed by atoms with Crippen molar-refractivity contribution in [3.05, 3.63) is 16.1 Å². The lowest BCUT2D eigenvalue weighted by Crippen LogP contribution is -2.07. The van der Waals surface area contributed by atoms with Crippen LogP contribution in [-0.2, 0) is 11.3 Å². The molecule has 78 valence electrons. The minimum Gasteiger partial charge on any atom is -0.371 e. The first-order valence-electron chi connectivity index (χ1n) is 5.11. The number of nitrogens with zero attached hydrogens (tertiary/aromatic N) is 1. The van der Waals surface area contributed by atoms with Crippen LogP contribution in [-0.4, -0.2) is 11.6 Å². The van der Waals surface area contributed by atoms with Crippen molar-refractivity contribution in [2.75, 3.05) is 6.61 Å². The lowest BCUT2D eigenvalue weighted by atomic mass is 10.2. The van der Waals surface area contributed by atoms with Gasteiger partial charge in [0.1, 0.15) is 11.1 Å². The summed E-state index contributed by atoms with van der Waals surface area (Å²) in [4.78, 5) is 4.48. The molecule has 0 amide bonds. The van der Waals surface area contributed by atoms with Crippen LogP contribution >= 0.6 is 11.3 Å². The molecule has 1 aliphatic rings. The van der Waals surface area contributed by atoms with Crippen LogP contribution in [0.1, 0.15) is 36.6 Å². The Kier molecular flexibility index (Phi) is 3.15. The van der Waals surface area contributed by atoms with Gasteiger partial charge in [0.15, 0.2) is 0 Å². The maximum absolute atomic E-state index is 5.72. The molecule has 2 rings (SSSR count). The second kappa shape index (κ2) is 4.38. The highest BCUT2D eigenvalue weighted by atomic mass is 32.1. The van der Waals surface area contributed by atoms with Gasteiger partial charge in [0.05, 0.1) is 5.69 Å². The summed E-state index contributed by atoms with van der Waals surface area (Å²) in [5.74, 6) is 0.701. The molecule has 14 heavy (non-hydrogen) atoms. The van der Waals surface area contributed by atoms with Crippen LogP contribution in [0.5, 0.6) is 0 Å². The van der Waals surface area contributed by atoms with E-state index in [1.165, 1.54) is 12.8 Å². The first-order valence-corrected chi connectivity index (χ1v) is 5.99. The van der Waals surface area contributed by atoms with E-state index in [0.29, 0.717) is 12.5 Å². The summed E-state index contributed by atoms with van der Waals surface area (Å²) < 4.78 is 5.72. The van der Waals surface area contributed by atoms with E-state index < -0.39 is 0 Å². The van der Waals surface area contributed by atoms with E-state index in [1.54, 1.807) is 11.3 Å². The number of hydrogen-bond donors (Lipinski definition) is 1. The largest absolute Gasteiger partial charge is 0.371 e. The molecule has 0 aromatic carbocycles. The first kappa shape index (κ1) is 10.1. The van der Waals surface area contributed by atoms with Gasteiger partial charge in [0, 0.05) is 18.5 Å². The molecule has 1 aromatic rings. The zero-order valence-corrected chi connectivity index (χ0v) is 9.22. The normalized spacial score (nSPS) is 18.4. The lowest BCUT2D eigenvalue weighted by molar-refractivity contribution is 0.0461. The molecule has 0 radical (unpaired) electrons. The maximum Gasteiger partial charge on any atom is 0.122 e. The highest BCUT2D eigenvalue weighted by molar-refractivity contribution is 7.09. The summed E-state index contributed by atoms with van der Waals surface area (Å²) >= 11 is 1.67. The van der Waals surface area contributed by atoms with Gasteiger partial charge in [0.2, 0.25) is 0 Å². The summed E-state index contributed by atoms with van der Waals surface area (Å²) in [5.41, 5.74) is 6.51. The molecule has 0 spiro atoms. The van der Waals surface area contributed by atoms with Crippen LogP contribution in [0.3, 0.4) is 0 Å². The number of rotatable bonds is 5. The smallest absolute Gasteiger partial charge is 0.122 e. The van der Waals surface area contributed by atoms with Crippen LogP contribution in [0.4, 0.5) is 0 Å². The third-order valence-electron chi connectivity index (χ3n) is 2.42. The van der Waals surface area contributed by atoms with E-state index in [2.05, 4.69) is 4.98 Å². The van der Waals surface area contributed by atoms with Gasteiger partial charge >= 0.3 is 0 Å². The molecule has 0 saturated heterocycles. The van der Waals surface area contributed by atoms with Crippen LogP contribution in [0.15, 0.2) is 5.38 Å². The number of thiazole rings is 1.